The fraction of sp³-hybridized carbons (Fsp3) is 0.706. The van der Waals surface area contributed by atoms with Gasteiger partial charge in [-0.3, -0.25) is 4.21 Å². The fourth-order valence-corrected chi connectivity index (χ4v) is 5.22. The lowest BCUT2D eigenvalue weighted by Gasteiger charge is -2.41. The van der Waals surface area contributed by atoms with E-state index in [1.54, 1.807) is 6.33 Å². The Bertz CT molecular complexity index is 760. The molecule has 7 heteroatoms. The number of hydrogen-bond acceptors (Lipinski definition) is 5. The zero-order valence-electron chi connectivity index (χ0n) is 15.2. The maximum atomic E-state index is 12.6. The Morgan fingerprint density at radius 3 is 2.58 bits per heavy atom. The highest BCUT2D eigenvalue weighted by Crippen LogP contribution is 2.33. The molecular weight excluding hydrogens is 322 g/mol. The Morgan fingerprint density at radius 2 is 1.96 bits per heavy atom. The second-order valence-corrected chi connectivity index (χ2v) is 9.49. The maximum Gasteiger partial charge on any atom is 0.163 e. The normalized spacial score (nSPS) is 21.4. The zero-order chi connectivity index (χ0) is 17.5. The highest BCUT2D eigenvalue weighted by atomic mass is 32.2. The lowest BCUT2D eigenvalue weighted by Crippen LogP contribution is -2.53. The second-order valence-electron chi connectivity index (χ2n) is 7.52. The van der Waals surface area contributed by atoms with Crippen LogP contribution in [0.25, 0.3) is 11.0 Å². The molecule has 6 nitrogen and oxygen atoms in total. The second kappa shape index (κ2) is 6.10. The van der Waals surface area contributed by atoms with E-state index >= 15 is 0 Å². The van der Waals surface area contributed by atoms with Crippen LogP contribution in [0.5, 0.6) is 0 Å². The van der Waals surface area contributed by atoms with Gasteiger partial charge in [0.2, 0.25) is 0 Å². The van der Waals surface area contributed by atoms with Crippen molar-refractivity contribution in [2.24, 2.45) is 0 Å². The molecule has 24 heavy (non-hydrogen) atoms. The molecule has 0 bridgehead atoms. The minimum absolute atomic E-state index is 0.132. The first kappa shape index (κ1) is 17.3. The smallest absolute Gasteiger partial charge is 0.163 e. The van der Waals surface area contributed by atoms with Gasteiger partial charge in [-0.25, -0.2) is 14.6 Å². The molecule has 0 spiro atoms. The standard InChI is InChI=1S/C17H27N5OS/c1-6-17(7-2)11-21(8-9-24(17)23)14-13-10-20-22(16(3,4)5)15(13)19-12-18-14/h10,12H,6-9,11H2,1-5H3. The van der Waals surface area contributed by atoms with E-state index in [1.165, 1.54) is 0 Å². The molecule has 0 N–H and O–H groups in total. The number of anilines is 1. The van der Waals surface area contributed by atoms with Gasteiger partial charge in [0.1, 0.15) is 12.1 Å². The number of aromatic nitrogens is 4. The van der Waals surface area contributed by atoms with E-state index in [1.807, 2.05) is 10.9 Å². The Kier molecular flexibility index (Phi) is 4.40. The molecule has 1 atom stereocenters. The van der Waals surface area contributed by atoms with E-state index in [2.05, 4.69) is 54.6 Å². The molecule has 0 aromatic carbocycles. The summed E-state index contributed by atoms with van der Waals surface area (Å²) in [6.45, 7) is 12.2. The fourth-order valence-electron chi connectivity index (χ4n) is 3.46. The van der Waals surface area contributed by atoms with Crippen LogP contribution in [0.4, 0.5) is 5.82 Å². The van der Waals surface area contributed by atoms with Crippen LogP contribution >= 0.6 is 0 Å². The van der Waals surface area contributed by atoms with E-state index in [0.29, 0.717) is 5.75 Å². The molecule has 3 heterocycles. The number of fused-ring (bicyclic) bond motifs is 1. The third kappa shape index (κ3) is 2.72. The monoisotopic (exact) mass is 349 g/mol. The molecular formula is C17H27N5OS. The highest BCUT2D eigenvalue weighted by Gasteiger charge is 2.39. The van der Waals surface area contributed by atoms with Crippen molar-refractivity contribution in [1.29, 1.82) is 0 Å². The molecule has 132 valence electrons. The number of rotatable bonds is 3. The van der Waals surface area contributed by atoms with Crippen LogP contribution in [-0.4, -0.2) is 47.5 Å². The van der Waals surface area contributed by atoms with E-state index in [-0.39, 0.29) is 10.3 Å². The quantitative estimate of drug-likeness (QED) is 0.852. The van der Waals surface area contributed by atoms with Crippen molar-refractivity contribution in [2.75, 3.05) is 23.7 Å². The molecule has 0 radical (unpaired) electrons. The molecule has 0 amide bonds. The lowest BCUT2D eigenvalue weighted by molar-refractivity contribution is 0.366. The Balaban J connectivity index is 2.04. The van der Waals surface area contributed by atoms with Crippen LogP contribution in [-0.2, 0) is 16.3 Å². The average Bonchev–Trinajstić information content (AvgIpc) is 3.00. The van der Waals surface area contributed by atoms with Crippen LogP contribution in [0.1, 0.15) is 47.5 Å². The van der Waals surface area contributed by atoms with Crippen molar-refractivity contribution in [1.82, 2.24) is 19.7 Å². The summed E-state index contributed by atoms with van der Waals surface area (Å²) in [6, 6.07) is 0. The molecule has 0 aliphatic carbocycles. The molecule has 2 aromatic heterocycles. The van der Waals surface area contributed by atoms with Crippen LogP contribution in [0, 0.1) is 0 Å². The third-order valence-electron chi connectivity index (χ3n) is 5.08. The van der Waals surface area contributed by atoms with Crippen LogP contribution < -0.4 is 4.90 Å². The first-order chi connectivity index (χ1) is 11.3. The van der Waals surface area contributed by atoms with Gasteiger partial charge in [0, 0.05) is 29.6 Å². The largest absolute Gasteiger partial charge is 0.353 e. The summed E-state index contributed by atoms with van der Waals surface area (Å²) in [4.78, 5) is 11.3. The molecule has 3 rings (SSSR count). The minimum Gasteiger partial charge on any atom is -0.353 e. The van der Waals surface area contributed by atoms with E-state index < -0.39 is 10.8 Å². The van der Waals surface area contributed by atoms with Crippen molar-refractivity contribution in [3.8, 4) is 0 Å². The summed E-state index contributed by atoms with van der Waals surface area (Å²) in [6.07, 6.45) is 5.32. The SMILES string of the molecule is CCC1(CC)CN(c2ncnc3c2cnn3C(C)(C)C)CCS1=O. The summed E-state index contributed by atoms with van der Waals surface area (Å²) < 4.78 is 14.4. The molecule has 1 saturated heterocycles. The Morgan fingerprint density at radius 1 is 1.25 bits per heavy atom. The van der Waals surface area contributed by atoms with Gasteiger partial charge in [-0.05, 0) is 33.6 Å². The van der Waals surface area contributed by atoms with Crippen molar-refractivity contribution >= 4 is 27.7 Å². The lowest BCUT2D eigenvalue weighted by atomic mass is 10.0. The van der Waals surface area contributed by atoms with Crippen molar-refractivity contribution in [3.05, 3.63) is 12.5 Å². The first-order valence-electron chi connectivity index (χ1n) is 8.65. The molecule has 1 aliphatic heterocycles. The Labute approximate surface area is 146 Å². The molecule has 1 fully saturated rings. The predicted molar refractivity (Wildman–Crippen MR) is 98.9 cm³/mol. The van der Waals surface area contributed by atoms with Crippen molar-refractivity contribution < 1.29 is 4.21 Å². The maximum absolute atomic E-state index is 12.6. The summed E-state index contributed by atoms with van der Waals surface area (Å²) in [5.41, 5.74) is 0.727. The molecule has 2 aromatic rings. The number of nitrogens with zero attached hydrogens (tertiary/aromatic N) is 5. The highest BCUT2D eigenvalue weighted by molar-refractivity contribution is 7.86. The predicted octanol–water partition coefficient (Wildman–Crippen LogP) is 2.71. The van der Waals surface area contributed by atoms with Gasteiger partial charge in [0.05, 0.1) is 21.9 Å². The number of hydrogen-bond donors (Lipinski definition) is 0. The summed E-state index contributed by atoms with van der Waals surface area (Å²) >= 11 is 0. The molecule has 0 saturated carbocycles. The van der Waals surface area contributed by atoms with Gasteiger partial charge in [0.25, 0.3) is 0 Å². The molecule has 1 unspecified atom stereocenters. The van der Waals surface area contributed by atoms with Crippen molar-refractivity contribution in [2.45, 2.75) is 57.7 Å². The van der Waals surface area contributed by atoms with Gasteiger partial charge >= 0.3 is 0 Å². The van der Waals surface area contributed by atoms with Crippen molar-refractivity contribution in [3.63, 3.8) is 0 Å². The summed E-state index contributed by atoms with van der Waals surface area (Å²) in [5.74, 6) is 1.61. The van der Waals surface area contributed by atoms with E-state index in [9.17, 15) is 4.21 Å². The summed E-state index contributed by atoms with van der Waals surface area (Å²) in [7, 11) is -0.780. The Hall–Kier alpha value is -1.50. The van der Waals surface area contributed by atoms with Gasteiger partial charge in [-0.15, -0.1) is 0 Å². The third-order valence-corrected chi connectivity index (χ3v) is 7.30. The van der Waals surface area contributed by atoms with Gasteiger partial charge in [-0.2, -0.15) is 5.10 Å². The molecule has 1 aliphatic rings. The van der Waals surface area contributed by atoms with Gasteiger partial charge in [0.15, 0.2) is 5.65 Å². The minimum atomic E-state index is -0.780. The van der Waals surface area contributed by atoms with E-state index in [4.69, 9.17) is 0 Å². The van der Waals surface area contributed by atoms with Crippen LogP contribution in [0.15, 0.2) is 12.5 Å². The van der Waals surface area contributed by atoms with Gasteiger partial charge in [-0.1, -0.05) is 13.8 Å². The summed E-state index contributed by atoms with van der Waals surface area (Å²) in [5, 5.41) is 5.51. The van der Waals surface area contributed by atoms with Gasteiger partial charge < -0.3 is 4.90 Å². The van der Waals surface area contributed by atoms with Crippen LogP contribution in [0.2, 0.25) is 0 Å². The average molecular weight is 350 g/mol. The first-order valence-corrected chi connectivity index (χ1v) is 9.97. The van der Waals surface area contributed by atoms with E-state index in [0.717, 1.165) is 42.8 Å². The zero-order valence-corrected chi connectivity index (χ0v) is 16.1. The topological polar surface area (TPSA) is 63.9 Å². The van der Waals surface area contributed by atoms with Crippen LogP contribution in [0.3, 0.4) is 0 Å².